The molecule has 0 aliphatic carbocycles. The van der Waals surface area contributed by atoms with Crippen molar-refractivity contribution in [3.8, 4) is 0 Å². The Labute approximate surface area is 88.7 Å². The molecule has 0 radical (unpaired) electrons. The maximum Gasteiger partial charge on any atom is 0.311 e. The molecule has 0 fully saturated rings. The van der Waals surface area contributed by atoms with E-state index in [1.807, 2.05) is 0 Å². The summed E-state index contributed by atoms with van der Waals surface area (Å²) in [6, 6.07) is 0. The molecule has 15 heavy (non-hydrogen) atoms. The number of carbonyl (C=O) groups is 1. The summed E-state index contributed by atoms with van der Waals surface area (Å²) in [5.74, 6) is -1.92. The molecule has 0 amide bonds. The van der Waals surface area contributed by atoms with Crippen molar-refractivity contribution in [2.45, 2.75) is 19.1 Å². The second-order valence-corrected chi connectivity index (χ2v) is 3.72. The molecule has 2 atom stereocenters. The quantitative estimate of drug-likeness (QED) is 0.643. The average Bonchev–Trinajstić information content (AvgIpc) is 2.66. The van der Waals surface area contributed by atoms with Gasteiger partial charge in [-0.05, 0) is 13.3 Å². The molecular formula is C10H16N2O3. The van der Waals surface area contributed by atoms with E-state index in [4.69, 9.17) is 5.11 Å². The van der Waals surface area contributed by atoms with Gasteiger partial charge in [-0.2, -0.15) is 0 Å². The van der Waals surface area contributed by atoms with E-state index in [2.05, 4.69) is 11.6 Å². The van der Waals surface area contributed by atoms with Crippen LogP contribution >= 0.6 is 0 Å². The molecule has 5 heteroatoms. The van der Waals surface area contributed by atoms with Crippen LogP contribution in [0.1, 0.15) is 13.3 Å². The highest BCUT2D eigenvalue weighted by Gasteiger charge is 2.41. The van der Waals surface area contributed by atoms with E-state index in [9.17, 15) is 9.90 Å². The summed E-state index contributed by atoms with van der Waals surface area (Å²) in [5.41, 5.74) is -1.42. The molecule has 1 rings (SSSR count). The van der Waals surface area contributed by atoms with Gasteiger partial charge in [-0.1, -0.05) is 6.08 Å². The van der Waals surface area contributed by atoms with Crippen molar-refractivity contribution in [2.75, 3.05) is 13.1 Å². The fourth-order valence-electron chi connectivity index (χ4n) is 1.65. The van der Waals surface area contributed by atoms with Crippen molar-refractivity contribution in [3.63, 3.8) is 0 Å². The number of nitrogens with zero attached hydrogens (tertiary/aromatic N) is 2. The number of rotatable bonds is 5. The minimum Gasteiger partial charge on any atom is -0.481 e. The molecular weight excluding hydrogens is 196 g/mol. The van der Waals surface area contributed by atoms with Gasteiger partial charge in [-0.25, -0.2) is 0 Å². The molecule has 0 aromatic carbocycles. The van der Waals surface area contributed by atoms with E-state index in [1.165, 1.54) is 19.3 Å². The number of hydrogen-bond donors (Lipinski definition) is 2. The van der Waals surface area contributed by atoms with Crippen molar-refractivity contribution in [1.82, 2.24) is 4.90 Å². The summed E-state index contributed by atoms with van der Waals surface area (Å²) >= 11 is 0. The molecule has 0 aromatic rings. The summed E-state index contributed by atoms with van der Waals surface area (Å²) in [4.78, 5) is 16.5. The maximum atomic E-state index is 11.0. The van der Waals surface area contributed by atoms with Crippen molar-refractivity contribution < 1.29 is 15.0 Å². The fourth-order valence-corrected chi connectivity index (χ4v) is 1.65. The van der Waals surface area contributed by atoms with E-state index >= 15 is 0 Å². The van der Waals surface area contributed by atoms with E-state index in [1.54, 1.807) is 4.90 Å². The summed E-state index contributed by atoms with van der Waals surface area (Å²) in [6.45, 7) is 6.13. The number of hydrogen-bond acceptors (Lipinski definition) is 4. The summed E-state index contributed by atoms with van der Waals surface area (Å²) in [7, 11) is 0. The Balaban J connectivity index is 2.83. The van der Waals surface area contributed by atoms with E-state index in [0.717, 1.165) is 0 Å². The third kappa shape index (κ3) is 2.36. The van der Waals surface area contributed by atoms with Gasteiger partial charge in [0.05, 0.1) is 12.9 Å². The zero-order valence-corrected chi connectivity index (χ0v) is 8.76. The first-order valence-corrected chi connectivity index (χ1v) is 4.83. The Morgan fingerprint density at radius 2 is 2.53 bits per heavy atom. The summed E-state index contributed by atoms with van der Waals surface area (Å²) in [6.07, 6.45) is 3.23. The topological polar surface area (TPSA) is 73.1 Å². The molecule has 2 unspecified atom stereocenters. The SMILES string of the molecule is C=CCC(C(=O)O)C(C)(O)N1C=NCC1. The number of aliphatic hydroxyl groups is 1. The van der Waals surface area contributed by atoms with Crippen LogP contribution in [0.25, 0.3) is 0 Å². The third-order valence-electron chi connectivity index (χ3n) is 2.63. The lowest BCUT2D eigenvalue weighted by Gasteiger charge is -2.37. The smallest absolute Gasteiger partial charge is 0.311 e. The number of allylic oxidation sites excluding steroid dienone is 1. The van der Waals surface area contributed by atoms with Gasteiger partial charge < -0.3 is 15.1 Å². The van der Waals surface area contributed by atoms with Crippen LogP contribution in [0.4, 0.5) is 0 Å². The molecule has 1 heterocycles. The minimum atomic E-state index is -1.42. The molecule has 0 saturated heterocycles. The van der Waals surface area contributed by atoms with Gasteiger partial charge >= 0.3 is 5.97 Å². The van der Waals surface area contributed by atoms with E-state index in [-0.39, 0.29) is 6.42 Å². The molecule has 84 valence electrons. The third-order valence-corrected chi connectivity index (χ3v) is 2.63. The highest BCUT2D eigenvalue weighted by atomic mass is 16.4. The maximum absolute atomic E-state index is 11.0. The largest absolute Gasteiger partial charge is 0.481 e. The van der Waals surface area contributed by atoms with Crippen molar-refractivity contribution in [2.24, 2.45) is 10.9 Å². The summed E-state index contributed by atoms with van der Waals surface area (Å²) < 4.78 is 0. The molecule has 0 spiro atoms. The number of aliphatic carboxylic acids is 1. The van der Waals surface area contributed by atoms with Gasteiger partial charge in [-0.15, -0.1) is 6.58 Å². The normalized spacial score (nSPS) is 21.1. The molecule has 1 aliphatic rings. The highest BCUT2D eigenvalue weighted by Crippen LogP contribution is 2.25. The molecule has 0 bridgehead atoms. The van der Waals surface area contributed by atoms with Crippen molar-refractivity contribution >= 4 is 12.3 Å². The Morgan fingerprint density at radius 3 is 2.93 bits per heavy atom. The standard InChI is InChI=1S/C10H16N2O3/c1-3-4-8(9(13)14)10(2,15)12-6-5-11-7-12/h3,7-8,15H,1,4-6H2,2H3,(H,13,14). The van der Waals surface area contributed by atoms with Crippen LogP contribution in [-0.4, -0.2) is 46.2 Å². The molecule has 0 aromatic heterocycles. The van der Waals surface area contributed by atoms with Crippen molar-refractivity contribution in [3.05, 3.63) is 12.7 Å². The van der Waals surface area contributed by atoms with Crippen LogP contribution < -0.4 is 0 Å². The van der Waals surface area contributed by atoms with Gasteiger partial charge in [0.2, 0.25) is 0 Å². The summed E-state index contributed by atoms with van der Waals surface area (Å²) in [5, 5.41) is 19.2. The predicted octanol–water partition coefficient (Wildman–Crippen LogP) is 0.316. The molecule has 2 N–H and O–H groups in total. The van der Waals surface area contributed by atoms with Crippen LogP contribution in [0.3, 0.4) is 0 Å². The molecule has 0 saturated carbocycles. The fraction of sp³-hybridized carbons (Fsp3) is 0.600. The lowest BCUT2D eigenvalue weighted by molar-refractivity contribution is -0.161. The zero-order chi connectivity index (χ0) is 11.5. The Kier molecular flexibility index (Phi) is 3.47. The molecule has 1 aliphatic heterocycles. The van der Waals surface area contributed by atoms with Gasteiger partial charge in [-0.3, -0.25) is 9.79 Å². The first-order chi connectivity index (χ1) is 7.00. The Bertz CT molecular complexity index is 286. The van der Waals surface area contributed by atoms with Crippen LogP contribution in [0.2, 0.25) is 0 Å². The van der Waals surface area contributed by atoms with Crippen LogP contribution in [0.5, 0.6) is 0 Å². The van der Waals surface area contributed by atoms with Gasteiger partial charge in [0.15, 0.2) is 0 Å². The monoisotopic (exact) mass is 212 g/mol. The lowest BCUT2D eigenvalue weighted by Crippen LogP contribution is -2.52. The number of aliphatic imine (C=N–C) groups is 1. The van der Waals surface area contributed by atoms with Gasteiger partial charge in [0.1, 0.15) is 11.6 Å². The van der Waals surface area contributed by atoms with Crippen LogP contribution in [-0.2, 0) is 4.79 Å². The van der Waals surface area contributed by atoms with Crippen molar-refractivity contribution in [1.29, 1.82) is 0 Å². The number of carboxylic acid groups (broad SMARTS) is 1. The highest BCUT2D eigenvalue weighted by molar-refractivity contribution is 5.72. The molecule has 5 nitrogen and oxygen atoms in total. The van der Waals surface area contributed by atoms with Gasteiger partial charge in [0, 0.05) is 6.54 Å². The second kappa shape index (κ2) is 4.44. The van der Waals surface area contributed by atoms with Crippen LogP contribution in [0, 0.1) is 5.92 Å². The Hall–Kier alpha value is -1.36. The van der Waals surface area contributed by atoms with Gasteiger partial charge in [0.25, 0.3) is 0 Å². The predicted molar refractivity (Wildman–Crippen MR) is 56.6 cm³/mol. The lowest BCUT2D eigenvalue weighted by atomic mass is 9.92. The zero-order valence-electron chi connectivity index (χ0n) is 8.76. The first kappa shape index (κ1) is 11.7. The first-order valence-electron chi connectivity index (χ1n) is 4.83. The van der Waals surface area contributed by atoms with E-state index < -0.39 is 17.6 Å². The Morgan fingerprint density at radius 1 is 1.87 bits per heavy atom. The second-order valence-electron chi connectivity index (χ2n) is 3.72. The minimum absolute atomic E-state index is 0.229. The average molecular weight is 212 g/mol. The van der Waals surface area contributed by atoms with E-state index in [0.29, 0.717) is 13.1 Å². The van der Waals surface area contributed by atoms with Crippen LogP contribution in [0.15, 0.2) is 17.6 Å². The number of carboxylic acids is 1.